The van der Waals surface area contributed by atoms with Gasteiger partial charge in [0.1, 0.15) is 10.7 Å². The first-order valence-electron chi connectivity index (χ1n) is 6.48. The van der Waals surface area contributed by atoms with Gasteiger partial charge in [0.15, 0.2) is 5.13 Å². The van der Waals surface area contributed by atoms with Crippen molar-refractivity contribution in [2.75, 3.05) is 37.9 Å². The summed E-state index contributed by atoms with van der Waals surface area (Å²) in [5.74, 6) is 0.260. The molecule has 1 aromatic heterocycles. The van der Waals surface area contributed by atoms with E-state index in [1.807, 2.05) is 14.0 Å². The Labute approximate surface area is 116 Å². The lowest BCUT2D eigenvalue weighted by Crippen LogP contribution is -2.40. The molecular formula is C12H20N4O2S. The van der Waals surface area contributed by atoms with Gasteiger partial charge in [0, 0.05) is 32.8 Å². The van der Waals surface area contributed by atoms with Crippen LogP contribution in [0, 0.1) is 0 Å². The zero-order valence-electron chi connectivity index (χ0n) is 11.3. The number of aromatic nitrogens is 1. The van der Waals surface area contributed by atoms with Crippen LogP contribution in [0.15, 0.2) is 0 Å². The lowest BCUT2D eigenvalue weighted by atomic mass is 10.1. The molecule has 0 bridgehead atoms. The van der Waals surface area contributed by atoms with Gasteiger partial charge in [-0.2, -0.15) is 0 Å². The Morgan fingerprint density at radius 2 is 2.26 bits per heavy atom. The van der Waals surface area contributed by atoms with E-state index in [4.69, 9.17) is 10.5 Å². The van der Waals surface area contributed by atoms with Gasteiger partial charge in [0.25, 0.3) is 5.91 Å². The Kier molecular flexibility index (Phi) is 4.60. The summed E-state index contributed by atoms with van der Waals surface area (Å²) in [5, 5.41) is 3.78. The van der Waals surface area contributed by atoms with Gasteiger partial charge >= 0.3 is 0 Å². The SMILES string of the molecule is CCNc1nc(N)c(C(=O)N(C)C2CCOCC2)s1. The summed E-state index contributed by atoms with van der Waals surface area (Å²) in [6.45, 7) is 4.16. The van der Waals surface area contributed by atoms with Crippen molar-refractivity contribution in [2.45, 2.75) is 25.8 Å². The molecule has 6 nitrogen and oxygen atoms in total. The molecule has 0 aliphatic carbocycles. The number of carbonyl (C=O) groups excluding carboxylic acids is 1. The van der Waals surface area contributed by atoms with Crippen LogP contribution in [0.25, 0.3) is 0 Å². The molecule has 2 rings (SSSR count). The van der Waals surface area contributed by atoms with Gasteiger partial charge in [-0.3, -0.25) is 4.79 Å². The molecule has 0 aromatic carbocycles. The van der Waals surface area contributed by atoms with Crippen LogP contribution >= 0.6 is 11.3 Å². The molecule has 1 saturated heterocycles. The van der Waals surface area contributed by atoms with Crippen LogP contribution in [-0.4, -0.2) is 48.6 Å². The highest BCUT2D eigenvalue weighted by Crippen LogP contribution is 2.27. The fourth-order valence-corrected chi connectivity index (χ4v) is 3.05. The summed E-state index contributed by atoms with van der Waals surface area (Å²) >= 11 is 1.31. The third-order valence-electron chi connectivity index (χ3n) is 3.23. The number of hydrogen-bond acceptors (Lipinski definition) is 6. The fourth-order valence-electron chi connectivity index (χ4n) is 2.11. The lowest BCUT2D eigenvalue weighted by molar-refractivity contribution is 0.0365. The van der Waals surface area contributed by atoms with E-state index in [-0.39, 0.29) is 11.9 Å². The van der Waals surface area contributed by atoms with Crippen LogP contribution < -0.4 is 11.1 Å². The molecule has 0 atom stereocenters. The molecule has 7 heteroatoms. The Bertz CT molecular complexity index is 443. The van der Waals surface area contributed by atoms with Crippen LogP contribution in [0.5, 0.6) is 0 Å². The van der Waals surface area contributed by atoms with Crippen molar-refractivity contribution >= 4 is 28.2 Å². The van der Waals surface area contributed by atoms with E-state index in [1.54, 1.807) is 4.90 Å². The summed E-state index contributed by atoms with van der Waals surface area (Å²) in [6, 6.07) is 0.227. The maximum Gasteiger partial charge on any atom is 0.267 e. The van der Waals surface area contributed by atoms with Crippen LogP contribution in [0.1, 0.15) is 29.4 Å². The van der Waals surface area contributed by atoms with E-state index in [9.17, 15) is 4.79 Å². The second kappa shape index (κ2) is 6.21. The quantitative estimate of drug-likeness (QED) is 0.873. The van der Waals surface area contributed by atoms with Crippen molar-refractivity contribution in [2.24, 2.45) is 0 Å². The zero-order chi connectivity index (χ0) is 13.8. The standard InChI is InChI=1S/C12H20N4O2S/c1-3-14-12-15-10(13)9(19-12)11(17)16(2)8-4-6-18-7-5-8/h8H,3-7,13H2,1-2H3,(H,14,15). The van der Waals surface area contributed by atoms with Crippen molar-refractivity contribution in [3.63, 3.8) is 0 Å². The van der Waals surface area contributed by atoms with Crippen molar-refractivity contribution in [1.82, 2.24) is 9.88 Å². The number of anilines is 2. The molecule has 0 radical (unpaired) electrons. The van der Waals surface area contributed by atoms with Gasteiger partial charge in [-0.15, -0.1) is 0 Å². The molecule has 1 amide bonds. The summed E-state index contributed by atoms with van der Waals surface area (Å²) in [6.07, 6.45) is 1.75. The van der Waals surface area contributed by atoms with E-state index in [0.717, 1.165) is 19.4 Å². The van der Waals surface area contributed by atoms with Gasteiger partial charge in [-0.1, -0.05) is 11.3 Å². The molecule has 0 spiro atoms. The third kappa shape index (κ3) is 3.16. The minimum atomic E-state index is -0.0500. The number of hydrogen-bond donors (Lipinski definition) is 2. The van der Waals surface area contributed by atoms with Gasteiger partial charge in [-0.25, -0.2) is 4.98 Å². The van der Waals surface area contributed by atoms with Crippen molar-refractivity contribution in [1.29, 1.82) is 0 Å². The smallest absolute Gasteiger partial charge is 0.267 e. The van der Waals surface area contributed by atoms with Gasteiger partial charge in [-0.05, 0) is 19.8 Å². The minimum Gasteiger partial charge on any atom is -0.382 e. The van der Waals surface area contributed by atoms with Gasteiger partial charge < -0.3 is 20.7 Å². The molecule has 106 valence electrons. The molecule has 1 fully saturated rings. The fraction of sp³-hybridized carbons (Fsp3) is 0.667. The number of ether oxygens (including phenoxy) is 1. The molecule has 2 heterocycles. The van der Waals surface area contributed by atoms with Crippen LogP contribution in [0.4, 0.5) is 10.9 Å². The third-order valence-corrected chi connectivity index (χ3v) is 4.25. The summed E-state index contributed by atoms with van der Waals surface area (Å²) < 4.78 is 5.31. The molecule has 0 unspecified atom stereocenters. The summed E-state index contributed by atoms with van der Waals surface area (Å²) in [7, 11) is 1.82. The second-order valence-electron chi connectivity index (χ2n) is 4.52. The Balaban J connectivity index is 2.09. The Morgan fingerprint density at radius 3 is 2.89 bits per heavy atom. The topological polar surface area (TPSA) is 80.5 Å². The monoisotopic (exact) mass is 284 g/mol. The Morgan fingerprint density at radius 1 is 1.58 bits per heavy atom. The largest absolute Gasteiger partial charge is 0.382 e. The van der Waals surface area contributed by atoms with E-state index in [2.05, 4.69) is 10.3 Å². The van der Waals surface area contributed by atoms with E-state index < -0.39 is 0 Å². The van der Waals surface area contributed by atoms with E-state index in [0.29, 0.717) is 29.0 Å². The minimum absolute atomic E-state index is 0.0500. The molecule has 0 saturated carbocycles. The number of amides is 1. The first kappa shape index (κ1) is 14.1. The highest BCUT2D eigenvalue weighted by Gasteiger charge is 2.26. The van der Waals surface area contributed by atoms with Gasteiger partial charge in [0.05, 0.1) is 0 Å². The molecule has 1 aromatic rings. The lowest BCUT2D eigenvalue weighted by Gasteiger charge is -2.30. The summed E-state index contributed by atoms with van der Waals surface area (Å²) in [5.41, 5.74) is 5.83. The van der Waals surface area contributed by atoms with E-state index >= 15 is 0 Å². The molecule has 1 aliphatic rings. The number of nitrogens with one attached hydrogen (secondary N) is 1. The predicted molar refractivity (Wildman–Crippen MR) is 76.6 cm³/mol. The first-order valence-corrected chi connectivity index (χ1v) is 7.30. The second-order valence-corrected chi connectivity index (χ2v) is 5.52. The van der Waals surface area contributed by atoms with Crippen molar-refractivity contribution in [3.05, 3.63) is 4.88 Å². The number of nitrogen functional groups attached to an aromatic ring is 1. The number of carbonyl (C=O) groups is 1. The molecule has 19 heavy (non-hydrogen) atoms. The highest BCUT2D eigenvalue weighted by molar-refractivity contribution is 7.18. The number of nitrogens with two attached hydrogens (primary N) is 1. The average molecular weight is 284 g/mol. The van der Waals surface area contributed by atoms with Crippen LogP contribution in [-0.2, 0) is 4.74 Å². The van der Waals surface area contributed by atoms with Crippen LogP contribution in [0.2, 0.25) is 0 Å². The molecular weight excluding hydrogens is 264 g/mol. The van der Waals surface area contributed by atoms with Crippen LogP contribution in [0.3, 0.4) is 0 Å². The highest BCUT2D eigenvalue weighted by atomic mass is 32.1. The van der Waals surface area contributed by atoms with Crippen molar-refractivity contribution < 1.29 is 9.53 Å². The van der Waals surface area contributed by atoms with Crippen molar-refractivity contribution in [3.8, 4) is 0 Å². The molecule has 1 aliphatic heterocycles. The molecule has 3 N–H and O–H groups in total. The zero-order valence-corrected chi connectivity index (χ0v) is 12.1. The maximum absolute atomic E-state index is 12.4. The van der Waals surface area contributed by atoms with E-state index in [1.165, 1.54) is 11.3 Å². The normalized spacial score (nSPS) is 16.3. The first-order chi connectivity index (χ1) is 9.13. The Hall–Kier alpha value is -1.34. The average Bonchev–Trinajstić information content (AvgIpc) is 2.79. The number of thiazole rings is 1. The summed E-state index contributed by atoms with van der Waals surface area (Å²) in [4.78, 5) is 18.9. The van der Waals surface area contributed by atoms with Gasteiger partial charge in [0.2, 0.25) is 0 Å². The number of nitrogens with zero attached hydrogens (tertiary/aromatic N) is 2. The predicted octanol–water partition coefficient (Wildman–Crippen LogP) is 1.41. The number of rotatable bonds is 4. The maximum atomic E-state index is 12.4.